The molecule has 1 atom stereocenters. The molecule has 0 aliphatic carbocycles. The smallest absolute Gasteiger partial charge is 0.343 e. The maximum atomic E-state index is 10.7. The zero-order chi connectivity index (χ0) is 10.6. The number of hydrogen-bond acceptors (Lipinski definition) is 3. The normalized spacial score (nSPS) is 22.4. The molecule has 0 aromatic carbocycles. The van der Waals surface area contributed by atoms with Crippen molar-refractivity contribution in [3.63, 3.8) is 0 Å². The van der Waals surface area contributed by atoms with Crippen molar-refractivity contribution in [1.82, 2.24) is 4.31 Å². The highest BCUT2D eigenvalue weighted by atomic mass is 32.2. The molecular formula is C10H17NO2S. The minimum Gasteiger partial charge on any atom is -0.477 e. The second kappa shape index (κ2) is 5.41. The van der Waals surface area contributed by atoms with Crippen LogP contribution in [-0.2, 0) is 4.79 Å². The number of hydrogen-bond donors (Lipinski definition) is 1. The molecular weight excluding hydrogens is 198 g/mol. The molecule has 4 heteroatoms. The van der Waals surface area contributed by atoms with Gasteiger partial charge in [-0.15, -0.1) is 0 Å². The number of rotatable bonds is 5. The molecule has 0 aromatic heterocycles. The van der Waals surface area contributed by atoms with E-state index in [9.17, 15) is 4.79 Å². The fourth-order valence-electron chi connectivity index (χ4n) is 1.42. The van der Waals surface area contributed by atoms with Crippen molar-refractivity contribution in [3.8, 4) is 0 Å². The van der Waals surface area contributed by atoms with Gasteiger partial charge in [0.05, 0.1) is 0 Å². The Morgan fingerprint density at radius 3 is 2.86 bits per heavy atom. The highest BCUT2D eigenvalue weighted by Gasteiger charge is 2.25. The summed E-state index contributed by atoms with van der Waals surface area (Å²) >= 11 is 1.37. The molecule has 0 saturated carbocycles. The minimum absolute atomic E-state index is 0.253. The third-order valence-electron chi connectivity index (χ3n) is 2.26. The molecule has 0 radical (unpaired) electrons. The predicted molar refractivity (Wildman–Crippen MR) is 59.0 cm³/mol. The quantitative estimate of drug-likeness (QED) is 0.565. The number of aliphatic carboxylic acids is 1. The first kappa shape index (κ1) is 11.6. The van der Waals surface area contributed by atoms with E-state index in [0.717, 1.165) is 13.0 Å². The molecule has 14 heavy (non-hydrogen) atoms. The lowest BCUT2D eigenvalue weighted by molar-refractivity contribution is -0.131. The predicted octanol–water partition coefficient (Wildman–Crippen LogP) is 2.50. The average molecular weight is 215 g/mol. The zero-order valence-corrected chi connectivity index (χ0v) is 9.51. The van der Waals surface area contributed by atoms with Crippen molar-refractivity contribution < 1.29 is 9.90 Å². The Balaban J connectivity index is 2.35. The summed E-state index contributed by atoms with van der Waals surface area (Å²) in [6.07, 6.45) is 5.38. The van der Waals surface area contributed by atoms with Gasteiger partial charge in [0.2, 0.25) is 0 Å². The van der Waals surface area contributed by atoms with Crippen LogP contribution in [0.25, 0.3) is 0 Å². The second-order valence-electron chi connectivity index (χ2n) is 3.52. The van der Waals surface area contributed by atoms with E-state index in [1.807, 2.05) is 13.0 Å². The summed E-state index contributed by atoms with van der Waals surface area (Å²) in [5.41, 5.74) is 0. The van der Waals surface area contributed by atoms with E-state index in [1.165, 1.54) is 24.8 Å². The lowest BCUT2D eigenvalue weighted by Gasteiger charge is -2.18. The Kier molecular flexibility index (Phi) is 4.48. The number of carbonyl (C=O) groups is 1. The Morgan fingerprint density at radius 1 is 1.64 bits per heavy atom. The van der Waals surface area contributed by atoms with Crippen LogP contribution in [0.3, 0.4) is 0 Å². The molecule has 80 valence electrons. The standard InChI is InChI=1S/C10H17NO2S/c1-3-4-5-6-11-8(2)7-9(14-11)10(12)13/h7-8H,3-6H2,1-2H3,(H,12,13). The molecule has 0 fully saturated rings. The molecule has 1 N–H and O–H groups in total. The van der Waals surface area contributed by atoms with E-state index in [4.69, 9.17) is 5.11 Å². The van der Waals surface area contributed by atoms with Gasteiger partial charge in [-0.25, -0.2) is 9.10 Å². The number of nitrogens with zero attached hydrogens (tertiary/aromatic N) is 1. The van der Waals surface area contributed by atoms with Gasteiger partial charge in [-0.05, 0) is 31.4 Å². The van der Waals surface area contributed by atoms with E-state index in [1.54, 1.807) is 0 Å². The van der Waals surface area contributed by atoms with Gasteiger partial charge in [-0.1, -0.05) is 19.8 Å². The summed E-state index contributed by atoms with van der Waals surface area (Å²) in [5.74, 6) is -0.806. The molecule has 1 heterocycles. The van der Waals surface area contributed by atoms with Crippen molar-refractivity contribution in [2.45, 2.75) is 39.2 Å². The Labute approximate surface area is 89.3 Å². The van der Waals surface area contributed by atoms with E-state index in [-0.39, 0.29) is 6.04 Å². The fourth-order valence-corrected chi connectivity index (χ4v) is 2.46. The van der Waals surface area contributed by atoms with E-state index in [0.29, 0.717) is 4.91 Å². The first-order valence-corrected chi connectivity index (χ1v) is 5.82. The van der Waals surface area contributed by atoms with Crippen molar-refractivity contribution >= 4 is 17.9 Å². The molecule has 1 aliphatic heterocycles. The Bertz CT molecular complexity index is 240. The van der Waals surface area contributed by atoms with Crippen molar-refractivity contribution in [3.05, 3.63) is 11.0 Å². The largest absolute Gasteiger partial charge is 0.477 e. The van der Waals surface area contributed by atoms with Crippen LogP contribution in [0, 0.1) is 0 Å². The van der Waals surface area contributed by atoms with E-state index < -0.39 is 5.97 Å². The summed E-state index contributed by atoms with van der Waals surface area (Å²) in [4.78, 5) is 11.2. The molecule has 1 aliphatic rings. The maximum Gasteiger partial charge on any atom is 0.343 e. The zero-order valence-electron chi connectivity index (χ0n) is 8.69. The van der Waals surface area contributed by atoms with Gasteiger partial charge in [-0.2, -0.15) is 0 Å². The van der Waals surface area contributed by atoms with E-state index in [2.05, 4.69) is 11.2 Å². The lowest BCUT2D eigenvalue weighted by Crippen LogP contribution is -2.22. The van der Waals surface area contributed by atoms with Crippen LogP contribution in [0.5, 0.6) is 0 Å². The van der Waals surface area contributed by atoms with E-state index >= 15 is 0 Å². The molecule has 3 nitrogen and oxygen atoms in total. The molecule has 0 amide bonds. The van der Waals surface area contributed by atoms with Gasteiger partial charge in [-0.3, -0.25) is 0 Å². The average Bonchev–Trinajstić information content (AvgIpc) is 2.49. The highest BCUT2D eigenvalue weighted by Crippen LogP contribution is 2.32. The summed E-state index contributed by atoms with van der Waals surface area (Å²) in [6.45, 7) is 5.18. The van der Waals surface area contributed by atoms with Crippen molar-refractivity contribution in [2.24, 2.45) is 0 Å². The molecule has 0 spiro atoms. The van der Waals surface area contributed by atoms with Crippen LogP contribution in [0.4, 0.5) is 0 Å². The summed E-state index contributed by atoms with van der Waals surface area (Å²) < 4.78 is 2.14. The summed E-state index contributed by atoms with van der Waals surface area (Å²) in [6, 6.07) is 0.253. The number of carboxylic acid groups (broad SMARTS) is 1. The van der Waals surface area contributed by atoms with Gasteiger partial charge in [0, 0.05) is 12.6 Å². The summed E-state index contributed by atoms with van der Waals surface area (Å²) in [5, 5.41) is 8.80. The summed E-state index contributed by atoms with van der Waals surface area (Å²) in [7, 11) is 0. The van der Waals surface area contributed by atoms with Crippen LogP contribution in [-0.4, -0.2) is 28.0 Å². The van der Waals surface area contributed by atoms with Gasteiger partial charge in [0.25, 0.3) is 0 Å². The third kappa shape index (κ3) is 3.03. The van der Waals surface area contributed by atoms with Gasteiger partial charge < -0.3 is 5.11 Å². The molecule has 1 unspecified atom stereocenters. The van der Waals surface area contributed by atoms with Crippen molar-refractivity contribution in [1.29, 1.82) is 0 Å². The SMILES string of the molecule is CCCCCN1SC(C(=O)O)=CC1C. The number of carboxylic acids is 1. The lowest BCUT2D eigenvalue weighted by atomic mass is 10.2. The van der Waals surface area contributed by atoms with Crippen LogP contribution < -0.4 is 0 Å². The van der Waals surface area contributed by atoms with Crippen molar-refractivity contribution in [2.75, 3.05) is 6.54 Å². The fraction of sp³-hybridized carbons (Fsp3) is 0.700. The van der Waals surface area contributed by atoms with Crippen LogP contribution in [0.1, 0.15) is 33.1 Å². The molecule has 0 saturated heterocycles. The second-order valence-corrected chi connectivity index (χ2v) is 4.61. The first-order valence-electron chi connectivity index (χ1n) is 5.05. The molecule has 1 rings (SSSR count). The van der Waals surface area contributed by atoms with Gasteiger partial charge in [0.1, 0.15) is 4.91 Å². The Morgan fingerprint density at radius 2 is 2.36 bits per heavy atom. The monoisotopic (exact) mass is 215 g/mol. The third-order valence-corrected chi connectivity index (χ3v) is 3.51. The van der Waals surface area contributed by atoms with Gasteiger partial charge >= 0.3 is 5.97 Å². The Hall–Kier alpha value is -0.480. The van der Waals surface area contributed by atoms with Gasteiger partial charge in [0.15, 0.2) is 0 Å². The topological polar surface area (TPSA) is 40.5 Å². The maximum absolute atomic E-state index is 10.7. The highest BCUT2D eigenvalue weighted by molar-refractivity contribution is 8.02. The van der Waals surface area contributed by atoms with Crippen LogP contribution in [0.15, 0.2) is 11.0 Å². The minimum atomic E-state index is -0.806. The van der Waals surface area contributed by atoms with Crippen LogP contribution in [0.2, 0.25) is 0 Å². The van der Waals surface area contributed by atoms with Crippen LogP contribution >= 0.6 is 11.9 Å². The molecule has 0 bridgehead atoms. The first-order chi connectivity index (χ1) is 6.65. The molecule has 0 aromatic rings. The number of unbranched alkanes of at least 4 members (excludes halogenated alkanes) is 2.